The van der Waals surface area contributed by atoms with E-state index in [2.05, 4.69) is 27.6 Å². The van der Waals surface area contributed by atoms with Crippen molar-refractivity contribution in [3.63, 3.8) is 0 Å². The van der Waals surface area contributed by atoms with Crippen LogP contribution in [0.3, 0.4) is 0 Å². The largest absolute Gasteiger partial charge is 0.497 e. The predicted octanol–water partition coefficient (Wildman–Crippen LogP) is 3.23. The zero-order chi connectivity index (χ0) is 22.1. The first-order valence-electron chi connectivity index (χ1n) is 10.6. The van der Waals surface area contributed by atoms with Gasteiger partial charge in [-0.25, -0.2) is 9.20 Å². The second-order valence-electron chi connectivity index (χ2n) is 8.07. The average Bonchev–Trinajstić information content (AvgIpc) is 3.49. The maximum absolute atomic E-state index is 12.5. The number of methoxy groups -OCH3 is 1. The number of pyridine rings is 1. The van der Waals surface area contributed by atoms with Crippen LogP contribution in [0.15, 0.2) is 65.7 Å². The van der Waals surface area contributed by atoms with E-state index in [1.165, 1.54) is 10.2 Å². The lowest BCUT2D eigenvalue weighted by Crippen LogP contribution is -2.24. The van der Waals surface area contributed by atoms with Gasteiger partial charge in [-0.3, -0.25) is 4.79 Å². The maximum atomic E-state index is 12.5. The smallest absolute Gasteiger partial charge is 0.290 e. The Morgan fingerprint density at radius 1 is 1.19 bits per heavy atom. The third kappa shape index (κ3) is 4.03. The van der Waals surface area contributed by atoms with Crippen molar-refractivity contribution in [1.29, 1.82) is 0 Å². The summed E-state index contributed by atoms with van der Waals surface area (Å²) in [5.41, 5.74) is 3.56. The fraction of sp³-hybridized carbons (Fsp3) is 0.292. The first-order valence-corrected chi connectivity index (χ1v) is 10.6. The number of fused-ring (bicyclic) bond motifs is 1. The van der Waals surface area contributed by atoms with Crippen LogP contribution in [0.4, 0.5) is 5.69 Å². The van der Waals surface area contributed by atoms with Gasteiger partial charge in [0.2, 0.25) is 5.88 Å². The molecule has 3 aromatic heterocycles. The van der Waals surface area contributed by atoms with E-state index >= 15 is 0 Å². The highest BCUT2D eigenvalue weighted by Crippen LogP contribution is 2.47. The Bertz CT molecular complexity index is 1300. The fourth-order valence-electron chi connectivity index (χ4n) is 3.98. The van der Waals surface area contributed by atoms with E-state index in [1.807, 2.05) is 41.0 Å². The third-order valence-corrected chi connectivity index (χ3v) is 5.93. The van der Waals surface area contributed by atoms with E-state index in [1.54, 1.807) is 26.4 Å². The standard InChI is InChI=1S/C24H25N5O3/c1-28-24(30)21(25-13-18-14-26-29-10-4-3-5-22(18)29)12-23(27-28)32-15-17-11-20(17)16-6-8-19(31-2)9-7-16/h3-10,12,14,17,20,25H,11,13,15H2,1-2H3/t17-,20-/m1/s1. The summed E-state index contributed by atoms with van der Waals surface area (Å²) in [4.78, 5) is 12.5. The molecule has 0 amide bonds. The molecule has 0 unspecified atom stereocenters. The molecule has 0 radical (unpaired) electrons. The number of aryl methyl sites for hydroxylation is 1. The van der Waals surface area contributed by atoms with Crippen LogP contribution >= 0.6 is 0 Å². The molecule has 1 fully saturated rings. The number of benzene rings is 1. The fourth-order valence-corrected chi connectivity index (χ4v) is 3.98. The van der Waals surface area contributed by atoms with Crippen molar-refractivity contribution < 1.29 is 9.47 Å². The Kier molecular flexibility index (Phi) is 5.26. The number of aromatic nitrogens is 4. The van der Waals surface area contributed by atoms with Crippen molar-refractivity contribution in [2.75, 3.05) is 19.0 Å². The van der Waals surface area contributed by atoms with Crippen LogP contribution in [0.5, 0.6) is 11.6 Å². The minimum Gasteiger partial charge on any atom is -0.497 e. The minimum atomic E-state index is -0.198. The first kappa shape index (κ1) is 20.1. The van der Waals surface area contributed by atoms with Crippen LogP contribution in [0.1, 0.15) is 23.5 Å². The summed E-state index contributed by atoms with van der Waals surface area (Å²) in [6.45, 7) is 1.05. The molecule has 1 aliphatic rings. The number of nitrogens with one attached hydrogen (secondary N) is 1. The summed E-state index contributed by atoms with van der Waals surface area (Å²) < 4.78 is 14.3. The number of hydrogen-bond donors (Lipinski definition) is 1. The average molecular weight is 431 g/mol. The van der Waals surface area contributed by atoms with Gasteiger partial charge in [-0.2, -0.15) is 5.10 Å². The molecule has 4 aromatic rings. The van der Waals surface area contributed by atoms with Crippen molar-refractivity contribution in [3.8, 4) is 11.6 Å². The van der Waals surface area contributed by atoms with Crippen LogP contribution in [0.25, 0.3) is 5.52 Å². The van der Waals surface area contributed by atoms with Gasteiger partial charge in [0.15, 0.2) is 0 Å². The molecule has 1 aromatic carbocycles. The molecule has 164 valence electrons. The van der Waals surface area contributed by atoms with E-state index in [0.717, 1.165) is 23.3 Å². The molecule has 2 atom stereocenters. The molecule has 0 aliphatic heterocycles. The molecule has 1 aliphatic carbocycles. The lowest BCUT2D eigenvalue weighted by Gasteiger charge is -2.10. The molecule has 5 rings (SSSR count). The highest BCUT2D eigenvalue weighted by Gasteiger charge is 2.39. The predicted molar refractivity (Wildman–Crippen MR) is 121 cm³/mol. The van der Waals surface area contributed by atoms with Gasteiger partial charge >= 0.3 is 0 Å². The number of hydrogen-bond acceptors (Lipinski definition) is 6. The topological polar surface area (TPSA) is 82.7 Å². The van der Waals surface area contributed by atoms with Gasteiger partial charge in [-0.1, -0.05) is 18.2 Å². The molecule has 3 heterocycles. The second-order valence-corrected chi connectivity index (χ2v) is 8.07. The van der Waals surface area contributed by atoms with E-state index < -0.39 is 0 Å². The normalized spacial score (nSPS) is 17.3. The molecule has 8 heteroatoms. The highest BCUT2D eigenvalue weighted by atomic mass is 16.5. The van der Waals surface area contributed by atoms with Gasteiger partial charge in [0.05, 0.1) is 25.4 Å². The van der Waals surface area contributed by atoms with E-state index in [9.17, 15) is 4.79 Å². The molecule has 0 spiro atoms. The van der Waals surface area contributed by atoms with Crippen molar-refractivity contribution in [2.24, 2.45) is 13.0 Å². The summed E-state index contributed by atoms with van der Waals surface area (Å²) in [5.74, 6) is 2.23. The summed E-state index contributed by atoms with van der Waals surface area (Å²) in [7, 11) is 3.30. The van der Waals surface area contributed by atoms with E-state index in [0.29, 0.717) is 36.6 Å². The van der Waals surface area contributed by atoms with E-state index in [4.69, 9.17) is 9.47 Å². The van der Waals surface area contributed by atoms with Crippen LogP contribution in [0.2, 0.25) is 0 Å². The Morgan fingerprint density at radius 2 is 2.03 bits per heavy atom. The van der Waals surface area contributed by atoms with E-state index in [-0.39, 0.29) is 5.56 Å². The molecular weight excluding hydrogens is 406 g/mol. The van der Waals surface area contributed by atoms with Crippen molar-refractivity contribution in [3.05, 3.63) is 82.4 Å². The van der Waals surface area contributed by atoms with Crippen molar-refractivity contribution in [1.82, 2.24) is 19.4 Å². The highest BCUT2D eigenvalue weighted by molar-refractivity contribution is 5.55. The quantitative estimate of drug-likeness (QED) is 0.461. The monoisotopic (exact) mass is 431 g/mol. The SMILES string of the molecule is COc1ccc([C@H]2C[C@@H]2COc2cc(NCc3cnn4ccccc34)c(=O)n(C)n2)cc1. The van der Waals surface area contributed by atoms with Crippen LogP contribution in [-0.2, 0) is 13.6 Å². The summed E-state index contributed by atoms with van der Waals surface area (Å²) in [5, 5.41) is 11.8. The number of anilines is 1. The minimum absolute atomic E-state index is 0.198. The first-order chi connectivity index (χ1) is 15.6. The molecule has 1 N–H and O–H groups in total. The van der Waals surface area contributed by atoms with Crippen molar-refractivity contribution >= 4 is 11.2 Å². The Labute approximate surface area is 185 Å². The van der Waals surface area contributed by atoms with Gasteiger partial charge in [-0.15, -0.1) is 5.10 Å². The lowest BCUT2D eigenvalue weighted by atomic mass is 10.1. The molecular formula is C24H25N5O3. The molecule has 1 saturated carbocycles. The van der Waals surface area contributed by atoms with Gasteiger partial charge in [-0.05, 0) is 42.2 Å². The summed E-state index contributed by atoms with van der Waals surface area (Å²) in [6, 6.07) is 15.8. The molecule has 8 nitrogen and oxygen atoms in total. The van der Waals surface area contributed by atoms with Gasteiger partial charge in [0.25, 0.3) is 5.56 Å². The number of nitrogens with zero attached hydrogens (tertiary/aromatic N) is 4. The van der Waals surface area contributed by atoms with Crippen LogP contribution < -0.4 is 20.3 Å². The van der Waals surface area contributed by atoms with Gasteiger partial charge in [0, 0.05) is 37.3 Å². The van der Waals surface area contributed by atoms with Crippen LogP contribution in [0, 0.1) is 5.92 Å². The molecule has 0 saturated heterocycles. The zero-order valence-electron chi connectivity index (χ0n) is 18.1. The maximum Gasteiger partial charge on any atom is 0.290 e. The Balaban J connectivity index is 1.23. The number of ether oxygens (including phenoxy) is 2. The van der Waals surface area contributed by atoms with Gasteiger partial charge in [0.1, 0.15) is 11.4 Å². The van der Waals surface area contributed by atoms with Crippen molar-refractivity contribution in [2.45, 2.75) is 18.9 Å². The van der Waals surface area contributed by atoms with Gasteiger partial charge < -0.3 is 14.8 Å². The Morgan fingerprint density at radius 3 is 2.84 bits per heavy atom. The Hall–Kier alpha value is -3.81. The number of rotatable bonds is 8. The summed E-state index contributed by atoms with van der Waals surface area (Å²) >= 11 is 0. The molecule has 32 heavy (non-hydrogen) atoms. The molecule has 0 bridgehead atoms. The lowest BCUT2D eigenvalue weighted by molar-refractivity contribution is 0.278. The zero-order valence-corrected chi connectivity index (χ0v) is 18.1. The second kappa shape index (κ2) is 8.37. The van der Waals surface area contributed by atoms with Crippen LogP contribution in [-0.4, -0.2) is 33.1 Å². The third-order valence-electron chi connectivity index (χ3n) is 5.93. The summed E-state index contributed by atoms with van der Waals surface area (Å²) in [6.07, 6.45) is 4.78.